The molecule has 0 saturated carbocycles. The lowest BCUT2D eigenvalue weighted by atomic mass is 9.95. The average Bonchev–Trinajstić information content (AvgIpc) is 2.50. The molecule has 0 spiro atoms. The van der Waals surface area contributed by atoms with Gasteiger partial charge in [-0.2, -0.15) is 0 Å². The van der Waals surface area contributed by atoms with Gasteiger partial charge in [-0.15, -0.1) is 0 Å². The maximum Gasteiger partial charge on any atom is 0.333 e. The molecule has 8 nitrogen and oxygen atoms in total. The van der Waals surface area contributed by atoms with E-state index in [1.54, 1.807) is 0 Å². The molecule has 0 aromatic heterocycles. The summed E-state index contributed by atoms with van der Waals surface area (Å²) in [6.45, 7) is 8.78. The number of carboxylic acid groups (broad SMARTS) is 1. The van der Waals surface area contributed by atoms with Crippen LogP contribution < -0.4 is 0 Å². The topological polar surface area (TPSA) is 110 Å². The summed E-state index contributed by atoms with van der Waals surface area (Å²) < 4.78 is 24.0. The van der Waals surface area contributed by atoms with Crippen LogP contribution >= 0.6 is 7.60 Å². The van der Waals surface area contributed by atoms with Crippen LogP contribution in [0.3, 0.4) is 0 Å². The highest BCUT2D eigenvalue weighted by molar-refractivity contribution is 7.52. The molecule has 28 heavy (non-hydrogen) atoms. The third kappa shape index (κ3) is 10.8. The van der Waals surface area contributed by atoms with E-state index in [1.165, 1.54) is 19.9 Å². The van der Waals surface area contributed by atoms with E-state index in [0.29, 0.717) is 17.4 Å². The fraction of sp³-hybridized carbons (Fsp3) is 0.684. The van der Waals surface area contributed by atoms with E-state index in [2.05, 4.69) is 6.58 Å². The molecule has 0 amide bonds. The van der Waals surface area contributed by atoms with Crippen molar-refractivity contribution in [3.05, 3.63) is 23.8 Å². The maximum absolute atomic E-state index is 12.7. The minimum atomic E-state index is -4.17. The van der Waals surface area contributed by atoms with Gasteiger partial charge in [-0.1, -0.05) is 19.9 Å². The third-order valence-electron chi connectivity index (χ3n) is 3.94. The Balaban J connectivity index is 5.84. The van der Waals surface area contributed by atoms with Crippen molar-refractivity contribution in [2.24, 2.45) is 0 Å². The fourth-order valence-electron chi connectivity index (χ4n) is 2.35. The first kappa shape index (κ1) is 26.5. The zero-order valence-corrected chi connectivity index (χ0v) is 18.8. The molecule has 0 aliphatic carbocycles. The monoisotopic (exact) mass is 420 g/mol. The Morgan fingerprint density at radius 2 is 1.82 bits per heavy atom. The Labute approximate surface area is 168 Å². The number of hydrogen-bond acceptors (Lipinski definition) is 5. The van der Waals surface area contributed by atoms with Crippen molar-refractivity contribution >= 4 is 19.5 Å². The van der Waals surface area contributed by atoms with Gasteiger partial charge >= 0.3 is 19.5 Å². The zero-order chi connectivity index (χ0) is 22.2. The molecular formula is C19H35NO7P+. The van der Waals surface area contributed by atoms with Crippen molar-refractivity contribution in [2.75, 3.05) is 40.5 Å². The highest BCUT2D eigenvalue weighted by Gasteiger charge is 2.41. The number of nitrogens with zero attached hydrogens (tertiary/aromatic N) is 1. The quantitative estimate of drug-likeness (QED) is 0.204. The molecule has 0 radical (unpaired) electrons. The molecule has 162 valence electrons. The van der Waals surface area contributed by atoms with Crippen LogP contribution in [-0.2, 0) is 23.4 Å². The average molecular weight is 420 g/mol. The second kappa shape index (κ2) is 10.9. The molecule has 2 unspecified atom stereocenters. The number of carbonyl (C=O) groups excluding carboxylic acids is 1. The highest BCUT2D eigenvalue weighted by Crippen LogP contribution is 2.48. The summed E-state index contributed by atoms with van der Waals surface area (Å²) in [5, 5.41) is 9.25. The van der Waals surface area contributed by atoms with Gasteiger partial charge in [0.25, 0.3) is 0 Å². The SMILES string of the molecule is C=C(C)C(=O)OC(C=C(C)C(=O)O)(CCCC)CP(=O)(O)OCC[N+](C)(C)C. The Morgan fingerprint density at radius 3 is 2.25 bits per heavy atom. The number of esters is 1. The fourth-order valence-corrected chi connectivity index (χ4v) is 3.80. The van der Waals surface area contributed by atoms with Crippen LogP contribution in [0, 0.1) is 0 Å². The lowest BCUT2D eigenvalue weighted by Gasteiger charge is -2.33. The van der Waals surface area contributed by atoms with Crippen LogP contribution in [0.25, 0.3) is 0 Å². The van der Waals surface area contributed by atoms with Gasteiger partial charge in [0.15, 0.2) is 0 Å². The largest absolute Gasteiger partial charge is 0.478 e. The Kier molecular flexibility index (Phi) is 10.3. The van der Waals surface area contributed by atoms with E-state index in [1.807, 2.05) is 28.1 Å². The van der Waals surface area contributed by atoms with E-state index >= 15 is 0 Å². The second-order valence-corrected chi connectivity index (χ2v) is 9.96. The first-order valence-corrected chi connectivity index (χ1v) is 11.0. The summed E-state index contributed by atoms with van der Waals surface area (Å²) in [6.07, 6.45) is 2.19. The molecule has 0 fully saturated rings. The molecule has 0 rings (SSSR count). The van der Waals surface area contributed by atoms with Crippen LogP contribution in [0.1, 0.15) is 40.0 Å². The number of unbranched alkanes of at least 4 members (excludes halogenated alkanes) is 1. The minimum absolute atomic E-state index is 0.0389. The van der Waals surface area contributed by atoms with Crippen molar-refractivity contribution < 1.29 is 37.9 Å². The van der Waals surface area contributed by atoms with Crippen molar-refractivity contribution in [3.8, 4) is 0 Å². The number of ether oxygens (including phenoxy) is 1. The van der Waals surface area contributed by atoms with Crippen molar-refractivity contribution in [3.63, 3.8) is 0 Å². The van der Waals surface area contributed by atoms with Crippen LogP contribution in [0.4, 0.5) is 0 Å². The van der Waals surface area contributed by atoms with Gasteiger partial charge in [-0.3, -0.25) is 4.57 Å². The Bertz CT molecular complexity index is 651. The molecule has 2 N–H and O–H groups in total. The summed E-state index contributed by atoms with van der Waals surface area (Å²) in [4.78, 5) is 33.9. The molecule has 9 heteroatoms. The molecule has 2 atom stereocenters. The van der Waals surface area contributed by atoms with Gasteiger partial charge in [0.2, 0.25) is 0 Å². The lowest BCUT2D eigenvalue weighted by molar-refractivity contribution is -0.870. The molecule has 0 aliphatic heterocycles. The molecule has 0 aliphatic rings. The normalized spacial score (nSPS) is 16.8. The number of carboxylic acids is 1. The van der Waals surface area contributed by atoms with E-state index in [0.717, 1.165) is 6.42 Å². The van der Waals surface area contributed by atoms with Gasteiger partial charge < -0.3 is 23.7 Å². The van der Waals surface area contributed by atoms with E-state index < -0.39 is 31.3 Å². The number of likely N-dealkylation sites (N-methyl/N-ethyl adjacent to an activating group) is 1. The number of hydrogen-bond donors (Lipinski definition) is 2. The zero-order valence-electron chi connectivity index (χ0n) is 17.9. The molecular weight excluding hydrogens is 385 g/mol. The lowest BCUT2D eigenvalue weighted by Crippen LogP contribution is -2.39. The predicted molar refractivity (Wildman–Crippen MR) is 108 cm³/mol. The molecule has 0 bridgehead atoms. The minimum Gasteiger partial charge on any atom is -0.478 e. The first-order valence-electron chi connectivity index (χ1n) is 9.21. The van der Waals surface area contributed by atoms with E-state index in [9.17, 15) is 24.2 Å². The smallest absolute Gasteiger partial charge is 0.333 e. The van der Waals surface area contributed by atoms with Gasteiger partial charge in [-0.25, -0.2) is 9.59 Å². The van der Waals surface area contributed by atoms with E-state index in [-0.39, 0.29) is 24.2 Å². The highest BCUT2D eigenvalue weighted by atomic mass is 31.2. The van der Waals surface area contributed by atoms with Crippen LogP contribution in [0.5, 0.6) is 0 Å². The molecule has 0 heterocycles. The number of rotatable bonds is 13. The third-order valence-corrected chi connectivity index (χ3v) is 5.46. The van der Waals surface area contributed by atoms with Crippen molar-refractivity contribution in [1.82, 2.24) is 0 Å². The van der Waals surface area contributed by atoms with Gasteiger partial charge in [-0.05, 0) is 32.8 Å². The van der Waals surface area contributed by atoms with Gasteiger partial charge in [0.1, 0.15) is 18.8 Å². The maximum atomic E-state index is 12.7. The van der Waals surface area contributed by atoms with Crippen molar-refractivity contribution in [2.45, 2.75) is 45.6 Å². The van der Waals surface area contributed by atoms with Crippen LogP contribution in [0.15, 0.2) is 23.8 Å². The van der Waals surface area contributed by atoms with Gasteiger partial charge in [0.05, 0.1) is 27.3 Å². The predicted octanol–water partition coefficient (Wildman–Crippen LogP) is 2.97. The van der Waals surface area contributed by atoms with Crippen LogP contribution in [-0.4, -0.2) is 72.5 Å². The van der Waals surface area contributed by atoms with E-state index in [4.69, 9.17) is 9.26 Å². The second-order valence-electron chi connectivity index (χ2n) is 8.11. The summed E-state index contributed by atoms with van der Waals surface area (Å²) in [7, 11) is 1.60. The number of quaternary nitrogens is 1. The summed E-state index contributed by atoms with van der Waals surface area (Å²) >= 11 is 0. The molecule has 0 aromatic carbocycles. The first-order chi connectivity index (χ1) is 12.6. The summed E-state index contributed by atoms with van der Waals surface area (Å²) in [5.41, 5.74) is -1.55. The van der Waals surface area contributed by atoms with Gasteiger partial charge in [0, 0.05) is 11.1 Å². The van der Waals surface area contributed by atoms with Crippen molar-refractivity contribution in [1.29, 1.82) is 0 Å². The Morgan fingerprint density at radius 1 is 1.25 bits per heavy atom. The summed E-state index contributed by atoms with van der Waals surface area (Å²) in [6, 6.07) is 0. The number of carbonyl (C=O) groups is 2. The number of aliphatic carboxylic acids is 1. The standard InChI is InChI=1S/C19H34NO7P/c1-8-9-10-19(13-16(4)17(21)22,27-18(23)15(2)3)14-28(24,25)26-12-11-20(5,6)7/h13H,2,8-12,14H2,1,3-7H3,(H-,21,22,24,25)/p+1. The van der Waals surface area contributed by atoms with Crippen LogP contribution in [0.2, 0.25) is 0 Å². The molecule has 0 saturated heterocycles. The summed E-state index contributed by atoms with van der Waals surface area (Å²) in [5.74, 6) is -1.96. The Hall–Kier alpha value is -1.47. The molecule has 0 aromatic rings.